The Morgan fingerprint density at radius 2 is 1.82 bits per heavy atom. The summed E-state index contributed by atoms with van der Waals surface area (Å²) in [6, 6.07) is 14.9. The van der Waals surface area contributed by atoms with Gasteiger partial charge in [0.15, 0.2) is 10.5 Å². The van der Waals surface area contributed by atoms with Gasteiger partial charge in [-0.3, -0.25) is 9.36 Å². The van der Waals surface area contributed by atoms with E-state index in [-0.39, 0.29) is 28.1 Å². The molecule has 4 aromatic rings. The lowest BCUT2D eigenvalue weighted by molar-refractivity contribution is -0.140. The van der Waals surface area contributed by atoms with Crippen molar-refractivity contribution in [3.05, 3.63) is 127 Å². The highest BCUT2D eigenvalue weighted by atomic mass is 79.9. The van der Waals surface area contributed by atoms with Gasteiger partial charge in [-0.2, -0.15) is 13.2 Å². The van der Waals surface area contributed by atoms with Gasteiger partial charge < -0.3 is 9.47 Å². The van der Waals surface area contributed by atoms with Crippen molar-refractivity contribution in [2.75, 3.05) is 6.61 Å². The van der Waals surface area contributed by atoms with E-state index in [0.717, 1.165) is 21.5 Å². The lowest BCUT2D eigenvalue weighted by Crippen LogP contribution is -2.41. The van der Waals surface area contributed by atoms with E-state index < -0.39 is 35.0 Å². The predicted octanol–water partition coefficient (Wildman–Crippen LogP) is 7.75. The molecule has 0 amide bonds. The average Bonchev–Trinajstić information content (AvgIpc) is 3.26. The summed E-state index contributed by atoms with van der Waals surface area (Å²) in [5, 5.41) is 0.863. The number of carbonyl (C=O) groups excluding carboxylic acids is 1. The second-order valence-electron chi connectivity index (χ2n) is 9.34. The monoisotopic (exact) mass is 788 g/mol. The molecule has 0 aliphatic carbocycles. The van der Waals surface area contributed by atoms with Crippen LogP contribution in [0.1, 0.15) is 29.7 Å². The fraction of sp³-hybridized carbons (Fsp3) is 0.167. The zero-order valence-corrected chi connectivity index (χ0v) is 27.9. The zero-order chi connectivity index (χ0) is 31.8. The Morgan fingerprint density at radius 1 is 1.09 bits per heavy atom. The maximum atomic E-state index is 14.4. The summed E-state index contributed by atoms with van der Waals surface area (Å²) in [6.07, 6.45) is -3.51. The van der Waals surface area contributed by atoms with Gasteiger partial charge in [-0.1, -0.05) is 74.7 Å². The van der Waals surface area contributed by atoms with E-state index in [1.54, 1.807) is 30.3 Å². The number of benzene rings is 3. The van der Waals surface area contributed by atoms with Crippen molar-refractivity contribution in [2.24, 2.45) is 4.99 Å². The van der Waals surface area contributed by atoms with Crippen LogP contribution in [0.4, 0.5) is 13.2 Å². The summed E-state index contributed by atoms with van der Waals surface area (Å²) < 4.78 is 56.6. The molecule has 14 heteroatoms. The SMILES string of the molecule is CCOC(=O)C1=C(C(F)(F)F)N=c2s/c(=C\c3cc(Br)cc(Br)c3OCc3cccc(Cl)c3)c(=O)n2[C@H]1c1ccc(Cl)cc1. The van der Waals surface area contributed by atoms with E-state index in [1.165, 1.54) is 37.3 Å². The summed E-state index contributed by atoms with van der Waals surface area (Å²) in [5.74, 6) is -0.845. The number of carbonyl (C=O) groups is 1. The van der Waals surface area contributed by atoms with Crippen LogP contribution in [0.15, 0.2) is 90.7 Å². The molecule has 1 aliphatic rings. The molecule has 3 aromatic carbocycles. The van der Waals surface area contributed by atoms with Crippen LogP contribution in [0, 0.1) is 0 Å². The molecule has 228 valence electrons. The molecule has 0 bridgehead atoms. The number of fused-ring (bicyclic) bond motifs is 1. The van der Waals surface area contributed by atoms with Crippen LogP contribution in [0.3, 0.4) is 0 Å². The van der Waals surface area contributed by atoms with Crippen LogP contribution in [0.5, 0.6) is 5.75 Å². The Bertz CT molecular complexity index is 1980. The minimum atomic E-state index is -5.02. The number of hydrogen-bond donors (Lipinski definition) is 0. The molecule has 1 aromatic heterocycles. The van der Waals surface area contributed by atoms with Crippen molar-refractivity contribution in [3.63, 3.8) is 0 Å². The molecule has 0 saturated carbocycles. The fourth-order valence-corrected chi connectivity index (χ4v) is 7.27. The van der Waals surface area contributed by atoms with Crippen molar-refractivity contribution < 1.29 is 27.4 Å². The molecule has 0 unspecified atom stereocenters. The number of thiazole rings is 1. The van der Waals surface area contributed by atoms with Crippen LogP contribution < -0.4 is 19.6 Å². The van der Waals surface area contributed by atoms with Gasteiger partial charge in [0.2, 0.25) is 0 Å². The number of hydrogen-bond acceptors (Lipinski definition) is 6. The second-order valence-corrected chi connectivity index (χ2v) is 13.0. The third kappa shape index (κ3) is 6.84. The first-order valence-corrected chi connectivity index (χ1v) is 15.9. The zero-order valence-electron chi connectivity index (χ0n) is 22.4. The number of rotatable bonds is 7. The van der Waals surface area contributed by atoms with Crippen molar-refractivity contribution in [2.45, 2.75) is 25.7 Å². The molecule has 1 aliphatic heterocycles. The lowest BCUT2D eigenvalue weighted by Gasteiger charge is -2.26. The summed E-state index contributed by atoms with van der Waals surface area (Å²) in [5.41, 5.74) is -1.41. The third-order valence-electron chi connectivity index (χ3n) is 6.38. The van der Waals surface area contributed by atoms with Crippen LogP contribution in [-0.2, 0) is 16.1 Å². The third-order valence-corrected chi connectivity index (χ3v) is 8.89. The molecule has 44 heavy (non-hydrogen) atoms. The number of alkyl halides is 3. The van der Waals surface area contributed by atoms with E-state index in [4.69, 9.17) is 32.7 Å². The minimum Gasteiger partial charge on any atom is -0.487 e. The van der Waals surface area contributed by atoms with Gasteiger partial charge >= 0.3 is 12.1 Å². The molecule has 0 N–H and O–H groups in total. The van der Waals surface area contributed by atoms with Gasteiger partial charge in [-0.15, -0.1) is 0 Å². The molecule has 0 spiro atoms. The van der Waals surface area contributed by atoms with E-state index in [0.29, 0.717) is 30.3 Å². The maximum absolute atomic E-state index is 14.4. The summed E-state index contributed by atoms with van der Waals surface area (Å²) >= 11 is 19.8. The van der Waals surface area contributed by atoms with Crippen LogP contribution in [-0.4, -0.2) is 23.3 Å². The molecule has 6 nitrogen and oxygen atoms in total. The molecular weight excluding hydrogens is 772 g/mol. The highest BCUT2D eigenvalue weighted by Gasteiger charge is 2.45. The largest absolute Gasteiger partial charge is 0.487 e. The summed E-state index contributed by atoms with van der Waals surface area (Å²) in [7, 11) is 0. The van der Waals surface area contributed by atoms with Crippen molar-refractivity contribution in [3.8, 4) is 5.75 Å². The standard InChI is InChI=1S/C30H19Br2Cl2F3N2O4S/c1-2-42-28(41)23-24(16-6-8-19(33)9-7-16)39-27(40)22(44-29(39)38-26(23)30(35,36)37)12-17-11-18(31)13-21(32)25(17)43-14-15-4-3-5-20(34)10-15/h3-13,24H,2,14H2,1H3/b22-12-/t24-/m0/s1. The van der Waals surface area contributed by atoms with Gasteiger partial charge in [0, 0.05) is 20.1 Å². The van der Waals surface area contributed by atoms with Gasteiger partial charge in [0.1, 0.15) is 12.4 Å². The second kappa shape index (κ2) is 13.2. The van der Waals surface area contributed by atoms with Crippen LogP contribution in [0.2, 0.25) is 10.0 Å². The van der Waals surface area contributed by atoms with Gasteiger partial charge in [0.05, 0.1) is 27.2 Å². The predicted molar refractivity (Wildman–Crippen MR) is 170 cm³/mol. The topological polar surface area (TPSA) is 69.9 Å². The molecule has 1 atom stereocenters. The first kappa shape index (κ1) is 32.5. The van der Waals surface area contributed by atoms with Crippen molar-refractivity contribution in [1.29, 1.82) is 0 Å². The normalized spacial score (nSPS) is 15.2. The number of allylic oxidation sites excluding steroid dienone is 1. The Labute approximate surface area is 279 Å². The maximum Gasteiger partial charge on any atom is 0.434 e. The minimum absolute atomic E-state index is 0.0620. The Balaban J connectivity index is 1.71. The van der Waals surface area contributed by atoms with E-state index in [9.17, 15) is 22.8 Å². The fourth-order valence-electron chi connectivity index (χ4n) is 4.56. The highest BCUT2D eigenvalue weighted by molar-refractivity contribution is 9.11. The summed E-state index contributed by atoms with van der Waals surface area (Å²) in [4.78, 5) is 30.6. The first-order chi connectivity index (χ1) is 20.9. The molecule has 0 radical (unpaired) electrons. The molecule has 0 fully saturated rings. The van der Waals surface area contributed by atoms with E-state index in [2.05, 4.69) is 36.9 Å². The quantitative estimate of drug-likeness (QED) is 0.180. The Hall–Kier alpha value is -2.90. The van der Waals surface area contributed by atoms with Gasteiger partial charge in [-0.05, 0) is 76.5 Å². The number of esters is 1. The molecule has 2 heterocycles. The summed E-state index contributed by atoms with van der Waals surface area (Å²) in [6.45, 7) is 1.44. The van der Waals surface area contributed by atoms with E-state index >= 15 is 0 Å². The van der Waals surface area contributed by atoms with E-state index in [1.807, 2.05) is 6.07 Å². The van der Waals surface area contributed by atoms with Gasteiger partial charge in [-0.25, -0.2) is 9.79 Å². The first-order valence-electron chi connectivity index (χ1n) is 12.8. The van der Waals surface area contributed by atoms with Crippen molar-refractivity contribution >= 4 is 78.4 Å². The van der Waals surface area contributed by atoms with Gasteiger partial charge in [0.25, 0.3) is 5.56 Å². The molecular formula is C30H19Br2Cl2F3N2O4S. The lowest BCUT2D eigenvalue weighted by atomic mass is 9.95. The Kier molecular flexibility index (Phi) is 9.76. The number of halogens is 7. The molecule has 5 rings (SSSR count). The Morgan fingerprint density at radius 3 is 2.48 bits per heavy atom. The smallest absolute Gasteiger partial charge is 0.434 e. The van der Waals surface area contributed by atoms with Crippen molar-refractivity contribution in [1.82, 2.24) is 4.57 Å². The molecule has 0 saturated heterocycles. The highest BCUT2D eigenvalue weighted by Crippen LogP contribution is 2.39. The number of nitrogens with zero attached hydrogens (tertiary/aromatic N) is 2. The number of ether oxygens (including phenoxy) is 2. The average molecular weight is 791 g/mol. The van der Waals surface area contributed by atoms with Crippen LogP contribution in [0.25, 0.3) is 6.08 Å². The van der Waals surface area contributed by atoms with Crippen LogP contribution >= 0.6 is 66.4 Å². The number of aromatic nitrogens is 1.